The van der Waals surface area contributed by atoms with Gasteiger partial charge in [0, 0.05) is 10.2 Å². The summed E-state index contributed by atoms with van der Waals surface area (Å²) >= 11 is 4.44. The number of hydrogen-bond acceptors (Lipinski definition) is 4. The highest BCUT2D eigenvalue weighted by molar-refractivity contribution is 9.10. The van der Waals surface area contributed by atoms with Crippen molar-refractivity contribution in [3.05, 3.63) is 76.1 Å². The molecule has 0 fully saturated rings. The second-order valence-electron chi connectivity index (χ2n) is 5.04. The van der Waals surface area contributed by atoms with E-state index in [0.29, 0.717) is 5.69 Å². The van der Waals surface area contributed by atoms with Crippen molar-refractivity contribution < 1.29 is 13.2 Å². The van der Waals surface area contributed by atoms with Gasteiger partial charge in [-0.25, -0.2) is 8.42 Å². The van der Waals surface area contributed by atoms with Gasteiger partial charge in [0.25, 0.3) is 15.9 Å². The predicted molar refractivity (Wildman–Crippen MR) is 104 cm³/mol. The lowest BCUT2D eigenvalue weighted by atomic mass is 10.1. The maximum absolute atomic E-state index is 12.5. The molecule has 0 bridgehead atoms. The average Bonchev–Trinajstić information content (AvgIpc) is 3.12. The van der Waals surface area contributed by atoms with Gasteiger partial charge >= 0.3 is 0 Å². The van der Waals surface area contributed by atoms with Gasteiger partial charge in [-0.05, 0) is 47.8 Å². The highest BCUT2D eigenvalue weighted by Gasteiger charge is 2.19. The Hall–Kier alpha value is -2.16. The first-order valence-electron chi connectivity index (χ1n) is 7.18. The Balaban J connectivity index is 1.85. The van der Waals surface area contributed by atoms with E-state index in [1.54, 1.807) is 60.0 Å². The van der Waals surface area contributed by atoms with Gasteiger partial charge in [0.1, 0.15) is 4.21 Å². The van der Waals surface area contributed by atoms with Gasteiger partial charge in [-0.3, -0.25) is 9.52 Å². The smallest absolute Gasteiger partial charge is 0.271 e. The summed E-state index contributed by atoms with van der Waals surface area (Å²) in [4.78, 5) is 12.5. The number of carbonyl (C=O) groups is 1. The molecule has 2 aromatic carbocycles. The van der Waals surface area contributed by atoms with Gasteiger partial charge < -0.3 is 5.32 Å². The molecule has 128 valence electrons. The molecule has 0 unspecified atom stereocenters. The van der Waals surface area contributed by atoms with Gasteiger partial charge in [-0.2, -0.15) is 0 Å². The van der Waals surface area contributed by atoms with Crippen LogP contribution in [0.1, 0.15) is 10.4 Å². The summed E-state index contributed by atoms with van der Waals surface area (Å²) < 4.78 is 28.4. The fourth-order valence-electron chi connectivity index (χ4n) is 2.11. The second-order valence-corrected chi connectivity index (χ2v) is 8.82. The molecule has 1 heterocycles. The van der Waals surface area contributed by atoms with E-state index in [4.69, 9.17) is 0 Å². The van der Waals surface area contributed by atoms with E-state index in [-0.39, 0.29) is 15.5 Å². The Morgan fingerprint density at radius 3 is 2.36 bits per heavy atom. The Labute approximate surface area is 157 Å². The maximum Gasteiger partial charge on any atom is 0.271 e. The van der Waals surface area contributed by atoms with Crippen molar-refractivity contribution in [2.24, 2.45) is 0 Å². The predicted octanol–water partition coefficient (Wildman–Crippen LogP) is 4.56. The van der Waals surface area contributed by atoms with Crippen molar-refractivity contribution >= 4 is 54.6 Å². The highest BCUT2D eigenvalue weighted by Crippen LogP contribution is 2.24. The fraction of sp³-hybridized carbons (Fsp3) is 0. The molecule has 0 spiro atoms. The number of nitrogens with one attached hydrogen (secondary N) is 2. The Morgan fingerprint density at radius 1 is 0.960 bits per heavy atom. The Kier molecular flexibility index (Phi) is 5.22. The molecule has 0 radical (unpaired) electrons. The summed E-state index contributed by atoms with van der Waals surface area (Å²) in [6, 6.07) is 16.8. The fourth-order valence-corrected chi connectivity index (χ4v) is 4.45. The number of hydrogen-bond donors (Lipinski definition) is 2. The van der Waals surface area contributed by atoms with E-state index in [0.717, 1.165) is 15.8 Å². The van der Waals surface area contributed by atoms with Crippen LogP contribution in [-0.4, -0.2) is 14.3 Å². The van der Waals surface area contributed by atoms with Crippen LogP contribution < -0.4 is 10.0 Å². The molecule has 5 nitrogen and oxygen atoms in total. The molecule has 0 atom stereocenters. The van der Waals surface area contributed by atoms with Crippen LogP contribution in [-0.2, 0) is 10.0 Å². The molecular weight excluding hydrogens is 424 g/mol. The van der Waals surface area contributed by atoms with E-state index in [1.165, 1.54) is 6.07 Å². The van der Waals surface area contributed by atoms with E-state index >= 15 is 0 Å². The topological polar surface area (TPSA) is 75.3 Å². The van der Waals surface area contributed by atoms with E-state index in [1.807, 2.05) is 0 Å². The molecule has 3 rings (SSSR count). The minimum Gasteiger partial charge on any atom is -0.322 e. The summed E-state index contributed by atoms with van der Waals surface area (Å²) in [7, 11) is -3.72. The zero-order valence-corrected chi connectivity index (χ0v) is 16.0. The molecule has 0 aliphatic carbocycles. The number of benzene rings is 2. The quantitative estimate of drug-likeness (QED) is 0.615. The van der Waals surface area contributed by atoms with Crippen molar-refractivity contribution in [2.45, 2.75) is 4.21 Å². The van der Waals surface area contributed by atoms with Crippen molar-refractivity contribution in [3.8, 4) is 0 Å². The molecule has 2 N–H and O–H groups in total. The van der Waals surface area contributed by atoms with Gasteiger partial charge in [-0.1, -0.05) is 34.1 Å². The minimum atomic E-state index is -3.72. The highest BCUT2D eigenvalue weighted by atomic mass is 79.9. The number of amides is 1. The van der Waals surface area contributed by atoms with E-state index in [9.17, 15) is 13.2 Å². The van der Waals surface area contributed by atoms with E-state index < -0.39 is 15.9 Å². The van der Waals surface area contributed by atoms with Crippen LogP contribution in [0.5, 0.6) is 0 Å². The zero-order chi connectivity index (χ0) is 17.9. The monoisotopic (exact) mass is 436 g/mol. The Morgan fingerprint density at radius 2 is 1.68 bits per heavy atom. The van der Waals surface area contributed by atoms with Crippen molar-refractivity contribution in [1.82, 2.24) is 0 Å². The molecule has 0 aliphatic rings. The first-order chi connectivity index (χ1) is 12.0. The normalized spacial score (nSPS) is 11.1. The molecule has 1 amide bonds. The van der Waals surface area contributed by atoms with Crippen LogP contribution >= 0.6 is 27.3 Å². The summed E-state index contributed by atoms with van der Waals surface area (Å²) in [5.41, 5.74) is 1.08. The molecule has 0 saturated carbocycles. The number of anilines is 2. The minimum absolute atomic E-state index is 0.190. The molecule has 3 aromatic rings. The van der Waals surface area contributed by atoms with Crippen LogP contribution in [0.4, 0.5) is 11.4 Å². The third kappa shape index (κ3) is 4.28. The lowest BCUT2D eigenvalue weighted by molar-refractivity contribution is 0.102. The number of sulfonamides is 1. The van der Waals surface area contributed by atoms with Crippen molar-refractivity contribution in [3.63, 3.8) is 0 Å². The van der Waals surface area contributed by atoms with Crippen LogP contribution in [0.15, 0.2) is 74.7 Å². The number of thiophene rings is 1. The standard InChI is InChI=1S/C17H13BrN2O3S2/c18-12-7-9-13(10-8-12)19-17(21)14-4-1-2-5-15(14)20-25(22,23)16-6-3-11-24-16/h1-11,20H,(H,19,21). The van der Waals surface area contributed by atoms with Gasteiger partial charge in [-0.15, -0.1) is 11.3 Å². The first kappa shape index (κ1) is 17.7. The number of rotatable bonds is 5. The van der Waals surface area contributed by atoms with Crippen LogP contribution in [0.3, 0.4) is 0 Å². The summed E-state index contributed by atoms with van der Waals surface area (Å²) in [5.74, 6) is -0.396. The third-order valence-electron chi connectivity index (χ3n) is 3.28. The van der Waals surface area contributed by atoms with Crippen LogP contribution in [0, 0.1) is 0 Å². The zero-order valence-electron chi connectivity index (χ0n) is 12.8. The third-order valence-corrected chi connectivity index (χ3v) is 6.57. The summed E-state index contributed by atoms with van der Waals surface area (Å²) in [5, 5.41) is 4.44. The molecule has 25 heavy (non-hydrogen) atoms. The molecule has 0 aliphatic heterocycles. The molecule has 8 heteroatoms. The SMILES string of the molecule is O=C(Nc1ccc(Br)cc1)c1ccccc1NS(=O)(=O)c1cccs1. The lowest BCUT2D eigenvalue weighted by Crippen LogP contribution is -2.18. The van der Waals surface area contributed by atoms with Gasteiger partial charge in [0.15, 0.2) is 0 Å². The molecule has 1 aromatic heterocycles. The first-order valence-corrected chi connectivity index (χ1v) is 10.3. The van der Waals surface area contributed by atoms with Gasteiger partial charge in [0.2, 0.25) is 0 Å². The number of para-hydroxylation sites is 1. The summed E-state index contributed by atoms with van der Waals surface area (Å²) in [6.07, 6.45) is 0. The maximum atomic E-state index is 12.5. The largest absolute Gasteiger partial charge is 0.322 e. The van der Waals surface area contributed by atoms with Gasteiger partial charge in [0.05, 0.1) is 11.3 Å². The second kappa shape index (κ2) is 7.38. The van der Waals surface area contributed by atoms with Crippen molar-refractivity contribution in [1.29, 1.82) is 0 Å². The Bertz CT molecular complexity index is 985. The molecule has 0 saturated heterocycles. The van der Waals surface area contributed by atoms with E-state index in [2.05, 4.69) is 26.0 Å². The van der Waals surface area contributed by atoms with Crippen molar-refractivity contribution in [2.75, 3.05) is 10.0 Å². The lowest BCUT2D eigenvalue weighted by Gasteiger charge is -2.12. The number of halogens is 1. The van der Waals surface area contributed by atoms with Crippen LogP contribution in [0.25, 0.3) is 0 Å². The molecular formula is C17H13BrN2O3S2. The number of carbonyl (C=O) groups excluding carboxylic acids is 1. The average molecular weight is 437 g/mol. The van der Waals surface area contributed by atoms with Crippen LogP contribution in [0.2, 0.25) is 0 Å². The summed E-state index contributed by atoms with van der Waals surface area (Å²) in [6.45, 7) is 0.